The first-order chi connectivity index (χ1) is 18.4. The zero-order valence-corrected chi connectivity index (χ0v) is 21.9. The van der Waals surface area contributed by atoms with Gasteiger partial charge < -0.3 is 20.3 Å². The Morgan fingerprint density at radius 1 is 1.24 bits per heavy atom. The van der Waals surface area contributed by atoms with E-state index in [0.29, 0.717) is 22.2 Å². The van der Waals surface area contributed by atoms with Crippen LogP contribution in [0.1, 0.15) is 49.7 Å². The maximum atomic E-state index is 15.2. The Balaban J connectivity index is 1.49. The zero-order chi connectivity index (χ0) is 26.6. The van der Waals surface area contributed by atoms with Gasteiger partial charge in [0.15, 0.2) is 5.88 Å². The van der Waals surface area contributed by atoms with Crippen LogP contribution in [0.5, 0.6) is 5.88 Å². The molecule has 38 heavy (non-hydrogen) atoms. The van der Waals surface area contributed by atoms with Crippen LogP contribution in [0.2, 0.25) is 0 Å². The molecule has 5 rings (SSSR count). The number of H-pyrrole nitrogens is 1. The van der Waals surface area contributed by atoms with Gasteiger partial charge >= 0.3 is 0 Å². The van der Waals surface area contributed by atoms with Gasteiger partial charge in [0, 0.05) is 23.9 Å². The number of aromatic hydroxyl groups is 1. The molecule has 3 N–H and O–H groups in total. The van der Waals surface area contributed by atoms with Gasteiger partial charge in [-0.25, -0.2) is 4.39 Å². The molecule has 0 saturated heterocycles. The summed E-state index contributed by atoms with van der Waals surface area (Å²) in [5.41, 5.74) is 3.87. The highest BCUT2D eigenvalue weighted by Gasteiger charge is 2.23. The number of fused-ring (bicyclic) bond motifs is 1. The normalized spacial score (nSPS) is 19.6. The molecule has 2 aromatic rings. The lowest BCUT2D eigenvalue weighted by atomic mass is 9.93. The SMILES string of the molecule is CN(C)CC1=CCC(N=C(C2=CCCC=C2)c2c(O)[nH]c3cc(C#CC(=O)NC4CCC4)c(F)cc23)C=C1. The maximum Gasteiger partial charge on any atom is 0.296 e. The number of likely N-dealkylation sites (N-methyl/N-ethyl adjacent to an activating group) is 1. The predicted octanol–water partition coefficient (Wildman–Crippen LogP) is 4.91. The first-order valence-electron chi connectivity index (χ1n) is 13.2. The molecule has 6 nitrogen and oxygen atoms in total. The number of amides is 1. The molecule has 0 bridgehead atoms. The quantitative estimate of drug-likeness (QED) is 0.380. The summed E-state index contributed by atoms with van der Waals surface area (Å²) in [5.74, 6) is 4.11. The fourth-order valence-corrected chi connectivity index (χ4v) is 4.90. The van der Waals surface area contributed by atoms with E-state index in [1.54, 1.807) is 0 Å². The van der Waals surface area contributed by atoms with Crippen LogP contribution >= 0.6 is 0 Å². The number of carbonyl (C=O) groups is 1. The summed E-state index contributed by atoms with van der Waals surface area (Å²) in [4.78, 5) is 22.2. The monoisotopic (exact) mass is 512 g/mol. The van der Waals surface area contributed by atoms with Crippen molar-refractivity contribution in [1.29, 1.82) is 0 Å². The van der Waals surface area contributed by atoms with Crippen molar-refractivity contribution in [2.75, 3.05) is 20.6 Å². The van der Waals surface area contributed by atoms with Gasteiger partial charge in [0.2, 0.25) is 0 Å². The third kappa shape index (κ3) is 5.81. The number of hydrogen-bond acceptors (Lipinski definition) is 4. The number of carbonyl (C=O) groups excluding carboxylic acids is 1. The number of aromatic amines is 1. The highest BCUT2D eigenvalue weighted by Crippen LogP contribution is 2.33. The van der Waals surface area contributed by atoms with Gasteiger partial charge in [-0.3, -0.25) is 9.79 Å². The summed E-state index contributed by atoms with van der Waals surface area (Å²) in [5, 5.41) is 14.3. The van der Waals surface area contributed by atoms with Gasteiger partial charge in [-0.2, -0.15) is 0 Å². The number of aliphatic imine (C=N–C) groups is 1. The Bertz CT molecular complexity index is 1460. The number of allylic oxidation sites excluding steroid dienone is 4. The van der Waals surface area contributed by atoms with Gasteiger partial charge in [0.1, 0.15) is 5.82 Å². The van der Waals surface area contributed by atoms with Crippen molar-refractivity contribution < 1.29 is 14.3 Å². The van der Waals surface area contributed by atoms with E-state index in [2.05, 4.69) is 57.4 Å². The molecule has 1 unspecified atom stereocenters. The highest BCUT2D eigenvalue weighted by molar-refractivity contribution is 6.22. The Morgan fingerprint density at radius 2 is 2.08 bits per heavy atom. The second kappa shape index (κ2) is 11.2. The van der Waals surface area contributed by atoms with Gasteiger partial charge in [-0.05, 0) is 75.9 Å². The smallest absolute Gasteiger partial charge is 0.296 e. The highest BCUT2D eigenvalue weighted by atomic mass is 19.1. The van der Waals surface area contributed by atoms with E-state index < -0.39 is 11.7 Å². The minimum Gasteiger partial charge on any atom is -0.494 e. The molecule has 196 valence electrons. The molecule has 0 aliphatic heterocycles. The van der Waals surface area contributed by atoms with Gasteiger partial charge in [-0.15, -0.1) is 0 Å². The van der Waals surface area contributed by atoms with Crippen LogP contribution in [-0.4, -0.2) is 59.3 Å². The molecule has 0 radical (unpaired) electrons. The lowest BCUT2D eigenvalue weighted by Crippen LogP contribution is -2.38. The van der Waals surface area contributed by atoms with E-state index in [1.807, 2.05) is 20.2 Å². The van der Waals surface area contributed by atoms with Crippen LogP contribution in [-0.2, 0) is 4.79 Å². The second-order valence-electron chi connectivity index (χ2n) is 10.4. The summed E-state index contributed by atoms with van der Waals surface area (Å²) in [6.07, 6.45) is 18.2. The number of nitrogens with one attached hydrogen (secondary N) is 2. The first kappa shape index (κ1) is 25.7. The standard InChI is InChI=1S/C31H33FN4O2/c1-36(2)19-20-11-14-24(15-12-20)34-30(21-7-4-3-5-8-21)29-25-18-26(32)22(17-27(25)35-31(29)38)13-16-28(37)33-23-9-6-10-23/h4,7-8,11-12,14,17-18,23-24,35,38H,3,5-6,9-10,15,19H2,1-2H3,(H,33,37). The first-order valence-corrected chi connectivity index (χ1v) is 13.2. The molecule has 3 aliphatic carbocycles. The minimum atomic E-state index is -0.553. The fourth-order valence-electron chi connectivity index (χ4n) is 4.90. The van der Waals surface area contributed by atoms with Gasteiger partial charge in [0.25, 0.3) is 5.91 Å². The van der Waals surface area contributed by atoms with Crippen molar-refractivity contribution in [2.24, 2.45) is 4.99 Å². The average molecular weight is 513 g/mol. The van der Waals surface area contributed by atoms with Crippen molar-refractivity contribution in [2.45, 2.75) is 50.6 Å². The maximum absolute atomic E-state index is 15.2. The summed E-state index contributed by atoms with van der Waals surface area (Å²) in [6, 6.07) is 2.97. The average Bonchev–Trinajstić information content (AvgIpc) is 3.18. The summed E-state index contributed by atoms with van der Waals surface area (Å²) >= 11 is 0. The zero-order valence-electron chi connectivity index (χ0n) is 21.9. The molecule has 1 aromatic carbocycles. The third-order valence-corrected chi connectivity index (χ3v) is 7.07. The van der Waals surface area contributed by atoms with Crippen LogP contribution in [0, 0.1) is 17.7 Å². The molecule has 0 spiro atoms. The van der Waals surface area contributed by atoms with Crippen molar-refractivity contribution in [3.05, 3.63) is 76.7 Å². The number of rotatable bonds is 6. The van der Waals surface area contributed by atoms with Crippen LogP contribution in [0.25, 0.3) is 10.9 Å². The Kier molecular flexibility index (Phi) is 7.62. The van der Waals surface area contributed by atoms with Crippen molar-refractivity contribution in [3.8, 4) is 17.7 Å². The molecule has 1 fully saturated rings. The third-order valence-electron chi connectivity index (χ3n) is 7.07. The van der Waals surface area contributed by atoms with Gasteiger partial charge in [-0.1, -0.05) is 42.4 Å². The molecular weight excluding hydrogens is 479 g/mol. The van der Waals surface area contributed by atoms with Gasteiger partial charge in [0.05, 0.1) is 28.4 Å². The Morgan fingerprint density at radius 3 is 2.74 bits per heavy atom. The number of nitrogens with zero attached hydrogens (tertiary/aromatic N) is 2. The number of aromatic nitrogens is 1. The largest absolute Gasteiger partial charge is 0.494 e. The van der Waals surface area contributed by atoms with Crippen LogP contribution in [0.4, 0.5) is 4.39 Å². The van der Waals surface area contributed by atoms with E-state index in [4.69, 9.17) is 4.99 Å². The molecule has 7 heteroatoms. The van der Waals surface area contributed by atoms with E-state index in [1.165, 1.54) is 17.7 Å². The van der Waals surface area contributed by atoms with Crippen molar-refractivity contribution >= 4 is 22.5 Å². The fraction of sp³-hybridized carbons (Fsp3) is 0.355. The van der Waals surface area contributed by atoms with E-state index >= 15 is 4.39 Å². The van der Waals surface area contributed by atoms with E-state index in [9.17, 15) is 9.90 Å². The molecule has 1 aromatic heterocycles. The van der Waals surface area contributed by atoms with E-state index in [-0.39, 0.29) is 23.5 Å². The van der Waals surface area contributed by atoms with Crippen molar-refractivity contribution in [1.82, 2.24) is 15.2 Å². The van der Waals surface area contributed by atoms with Crippen molar-refractivity contribution in [3.63, 3.8) is 0 Å². The summed E-state index contributed by atoms with van der Waals surface area (Å²) < 4.78 is 15.2. The molecule has 3 aliphatic rings. The summed E-state index contributed by atoms with van der Waals surface area (Å²) in [6.45, 7) is 0.865. The number of hydrogen-bond donors (Lipinski definition) is 3. The molecule has 1 heterocycles. The van der Waals surface area contributed by atoms with Crippen LogP contribution in [0.3, 0.4) is 0 Å². The second-order valence-corrected chi connectivity index (χ2v) is 10.4. The summed E-state index contributed by atoms with van der Waals surface area (Å²) in [7, 11) is 4.08. The number of halogens is 1. The predicted molar refractivity (Wildman–Crippen MR) is 150 cm³/mol. The lowest BCUT2D eigenvalue weighted by molar-refractivity contribution is -0.116. The minimum absolute atomic E-state index is 0.0745. The molecule has 1 amide bonds. The molecule has 1 atom stereocenters. The Labute approximate surface area is 222 Å². The molecule has 1 saturated carbocycles. The van der Waals surface area contributed by atoms with Crippen LogP contribution < -0.4 is 5.32 Å². The topological polar surface area (TPSA) is 80.7 Å². The van der Waals surface area contributed by atoms with Crippen LogP contribution in [0.15, 0.2) is 64.7 Å². The van der Waals surface area contributed by atoms with E-state index in [0.717, 1.165) is 50.6 Å². The Hall–Kier alpha value is -3.89. The lowest BCUT2D eigenvalue weighted by Gasteiger charge is -2.25. The number of benzene rings is 1. The molecular formula is C31H33FN4O2.